The van der Waals surface area contributed by atoms with Crippen LogP contribution in [0.15, 0.2) is 48.1 Å². The van der Waals surface area contributed by atoms with E-state index in [9.17, 15) is 0 Å². The molecule has 1 aromatic carbocycles. The van der Waals surface area contributed by atoms with Gasteiger partial charge in [0.25, 0.3) is 0 Å². The lowest BCUT2D eigenvalue weighted by atomic mass is 9.88. The summed E-state index contributed by atoms with van der Waals surface area (Å²) in [4.78, 5) is 0. The van der Waals surface area contributed by atoms with E-state index < -0.39 is 0 Å². The van der Waals surface area contributed by atoms with E-state index in [1.165, 1.54) is 80.9 Å². The zero-order valence-corrected chi connectivity index (χ0v) is 19.5. The van der Waals surface area contributed by atoms with Gasteiger partial charge in [0.05, 0.1) is 0 Å². The second kappa shape index (κ2) is 10.1. The molecule has 2 saturated carbocycles. The Labute approximate surface area is 180 Å². The molecule has 0 saturated heterocycles. The van der Waals surface area contributed by atoms with Crippen molar-refractivity contribution in [2.45, 2.75) is 97.3 Å². The lowest BCUT2D eigenvalue weighted by Crippen LogP contribution is -2.05. The summed E-state index contributed by atoms with van der Waals surface area (Å²) in [5.74, 6) is 2.51. The van der Waals surface area contributed by atoms with Crippen molar-refractivity contribution < 1.29 is 0 Å². The van der Waals surface area contributed by atoms with Crippen LogP contribution < -0.4 is 0 Å². The molecule has 0 aliphatic heterocycles. The molecule has 3 rings (SSSR count). The Balaban J connectivity index is 1.50. The highest BCUT2D eigenvalue weighted by Gasteiger charge is 2.47. The summed E-state index contributed by atoms with van der Waals surface area (Å²) in [5, 5.41) is 0. The molecule has 0 heterocycles. The lowest BCUT2D eigenvalue weighted by Gasteiger charge is -2.23. The van der Waals surface area contributed by atoms with Crippen LogP contribution in [0.1, 0.15) is 103 Å². The molecule has 2 aliphatic rings. The van der Waals surface area contributed by atoms with Crippen molar-refractivity contribution in [2.75, 3.05) is 0 Å². The molecule has 0 aromatic heterocycles. The molecule has 160 valence electrons. The lowest BCUT2D eigenvalue weighted by molar-refractivity contribution is 0.536. The largest absolute Gasteiger partial charge is 0.192 e. The highest BCUT2D eigenvalue weighted by atomic mass is 14.5. The van der Waals surface area contributed by atoms with E-state index in [-0.39, 0.29) is 0 Å². The summed E-state index contributed by atoms with van der Waals surface area (Å²) in [7, 11) is 0. The molecule has 2 fully saturated rings. The average molecular weight is 392 g/mol. The van der Waals surface area contributed by atoms with Crippen molar-refractivity contribution in [3.8, 4) is 0 Å². The third-order valence-electron chi connectivity index (χ3n) is 7.57. The summed E-state index contributed by atoms with van der Waals surface area (Å²) in [6.07, 6.45) is 17.9. The molecule has 29 heavy (non-hydrogen) atoms. The second-order valence-corrected chi connectivity index (χ2v) is 10.2. The standard InChI is InChI=1S/C29H43/c1-6-8-26(19-22(3)9-10-25-12-13-25)14-11-24(7-2)20-27-15-17-28(18-16-27)29(5)21-23(29)4/h15-20,23-25H,3,6-14,21H2,1-2,4-5H3/q-1/b26-19-. The van der Waals surface area contributed by atoms with Gasteiger partial charge >= 0.3 is 0 Å². The normalized spacial score (nSPS) is 25.0. The summed E-state index contributed by atoms with van der Waals surface area (Å²) in [5.41, 5.74) is 6.33. The molecular weight excluding hydrogens is 348 g/mol. The summed E-state index contributed by atoms with van der Waals surface area (Å²) < 4.78 is 0. The van der Waals surface area contributed by atoms with Crippen molar-refractivity contribution in [2.24, 2.45) is 17.8 Å². The third-order valence-corrected chi connectivity index (χ3v) is 7.57. The smallest absolute Gasteiger partial charge is 0.00671 e. The predicted molar refractivity (Wildman–Crippen MR) is 128 cm³/mol. The molecule has 3 unspecified atom stereocenters. The van der Waals surface area contributed by atoms with Gasteiger partial charge in [-0.05, 0) is 49.4 Å². The van der Waals surface area contributed by atoms with Crippen LogP contribution in [0.25, 0.3) is 0 Å². The zero-order chi connectivity index (χ0) is 20.9. The van der Waals surface area contributed by atoms with E-state index in [0.717, 1.165) is 11.8 Å². The molecule has 0 amide bonds. The Morgan fingerprint density at radius 3 is 2.41 bits per heavy atom. The first-order valence-corrected chi connectivity index (χ1v) is 12.3. The first kappa shape index (κ1) is 22.3. The van der Waals surface area contributed by atoms with Gasteiger partial charge in [-0.3, -0.25) is 0 Å². The van der Waals surface area contributed by atoms with Crippen LogP contribution in [0.5, 0.6) is 0 Å². The molecule has 1 aromatic rings. The van der Waals surface area contributed by atoms with Gasteiger partial charge in [0.1, 0.15) is 0 Å². The fraction of sp³-hybridized carbons (Fsp3) is 0.621. The molecule has 0 nitrogen and oxygen atoms in total. The predicted octanol–water partition coefficient (Wildman–Crippen LogP) is 8.82. The zero-order valence-electron chi connectivity index (χ0n) is 19.5. The Kier molecular flexibility index (Phi) is 7.72. The van der Waals surface area contributed by atoms with Gasteiger partial charge in [-0.25, -0.2) is 0 Å². The third kappa shape index (κ3) is 6.53. The number of hydrogen-bond donors (Lipinski definition) is 0. The monoisotopic (exact) mass is 391 g/mol. The van der Waals surface area contributed by atoms with Crippen LogP contribution in [0.4, 0.5) is 0 Å². The van der Waals surface area contributed by atoms with E-state index >= 15 is 0 Å². The number of allylic oxidation sites excluding steroid dienone is 3. The minimum absolute atomic E-state index is 0.435. The minimum atomic E-state index is 0.435. The molecule has 3 atom stereocenters. The second-order valence-electron chi connectivity index (χ2n) is 10.2. The Bertz CT molecular complexity index is 687. The van der Waals surface area contributed by atoms with Crippen molar-refractivity contribution in [3.05, 3.63) is 65.6 Å². The number of benzene rings is 1. The molecule has 0 radical (unpaired) electrons. The SMILES string of the molecule is C=C(/C=C(/CCC)CCC([CH-]c1ccc(C2(C)CC2C)cc1)CC)CCC1CC1. The molecule has 2 aliphatic carbocycles. The first-order valence-electron chi connectivity index (χ1n) is 12.3. The van der Waals surface area contributed by atoms with E-state index in [4.69, 9.17) is 0 Å². The summed E-state index contributed by atoms with van der Waals surface area (Å²) >= 11 is 0. The van der Waals surface area contributed by atoms with Crippen molar-refractivity contribution in [1.29, 1.82) is 0 Å². The maximum Gasteiger partial charge on any atom is -0.00671 e. The quantitative estimate of drug-likeness (QED) is 0.233. The summed E-state index contributed by atoms with van der Waals surface area (Å²) in [6, 6.07) is 9.43. The maximum absolute atomic E-state index is 4.35. The van der Waals surface area contributed by atoms with Gasteiger partial charge in [-0.2, -0.15) is 24.1 Å². The van der Waals surface area contributed by atoms with Crippen LogP contribution in [-0.2, 0) is 5.41 Å². The Morgan fingerprint density at radius 1 is 1.17 bits per heavy atom. The highest BCUT2D eigenvalue weighted by molar-refractivity contribution is 5.36. The van der Waals surface area contributed by atoms with Gasteiger partial charge in [-0.15, -0.1) is 12.1 Å². The molecular formula is C29H43-. The fourth-order valence-electron chi connectivity index (χ4n) is 4.75. The van der Waals surface area contributed by atoms with Gasteiger partial charge in [0.15, 0.2) is 0 Å². The molecule has 0 spiro atoms. The van der Waals surface area contributed by atoms with Gasteiger partial charge in [0.2, 0.25) is 0 Å². The van der Waals surface area contributed by atoms with Crippen LogP contribution in [0.3, 0.4) is 0 Å². The van der Waals surface area contributed by atoms with Crippen LogP contribution in [-0.4, -0.2) is 0 Å². The van der Waals surface area contributed by atoms with E-state index in [2.05, 4.69) is 71.0 Å². The Morgan fingerprint density at radius 2 is 1.86 bits per heavy atom. The van der Waals surface area contributed by atoms with Gasteiger partial charge in [-0.1, -0.05) is 95.1 Å². The van der Waals surface area contributed by atoms with Gasteiger partial charge < -0.3 is 0 Å². The molecule has 0 N–H and O–H groups in total. The van der Waals surface area contributed by atoms with E-state index in [1.807, 2.05) is 0 Å². The summed E-state index contributed by atoms with van der Waals surface area (Å²) in [6.45, 7) is 13.8. The number of hydrogen-bond acceptors (Lipinski definition) is 0. The first-order chi connectivity index (χ1) is 13.9. The fourth-order valence-corrected chi connectivity index (χ4v) is 4.75. The maximum atomic E-state index is 4.35. The van der Waals surface area contributed by atoms with E-state index in [1.54, 1.807) is 5.57 Å². The van der Waals surface area contributed by atoms with Gasteiger partial charge in [0, 0.05) is 0 Å². The minimum Gasteiger partial charge on any atom is -0.192 e. The average Bonchev–Trinajstić information content (AvgIpc) is 3.63. The van der Waals surface area contributed by atoms with Crippen molar-refractivity contribution >= 4 is 0 Å². The van der Waals surface area contributed by atoms with Crippen molar-refractivity contribution in [1.82, 2.24) is 0 Å². The van der Waals surface area contributed by atoms with Crippen LogP contribution >= 0.6 is 0 Å². The Hall–Kier alpha value is -1.43. The van der Waals surface area contributed by atoms with Crippen LogP contribution in [0, 0.1) is 24.2 Å². The van der Waals surface area contributed by atoms with Crippen LogP contribution in [0.2, 0.25) is 0 Å². The molecule has 0 heteroatoms. The number of rotatable bonds is 13. The highest BCUT2D eigenvalue weighted by Crippen LogP contribution is 2.53. The molecule has 0 bridgehead atoms. The van der Waals surface area contributed by atoms with Crippen molar-refractivity contribution in [3.63, 3.8) is 0 Å². The topological polar surface area (TPSA) is 0 Å². The van der Waals surface area contributed by atoms with E-state index in [0.29, 0.717) is 11.3 Å².